The van der Waals surface area contributed by atoms with Gasteiger partial charge in [-0.2, -0.15) is 0 Å². The maximum Gasteiger partial charge on any atom is 0.219 e. The Morgan fingerprint density at radius 2 is 1.50 bits per heavy atom. The third kappa shape index (κ3) is 13.8. The van der Waals surface area contributed by atoms with Crippen LogP contribution in [-0.4, -0.2) is 18.3 Å². The van der Waals surface area contributed by atoms with Gasteiger partial charge in [0.05, 0.1) is 0 Å². The summed E-state index contributed by atoms with van der Waals surface area (Å²) in [5.74, 6) is 0.841. The number of alkyl halides is 1. The monoisotopic (exact) mass is 275 g/mol. The number of hydrogen-bond donors (Lipinski definition) is 1. The normalized spacial score (nSPS) is 10.6. The number of nitrogens with one attached hydrogen (secondary N) is 1. The molecular formula is C15H30ClNO. The van der Waals surface area contributed by atoms with Crippen molar-refractivity contribution in [2.45, 2.75) is 77.6 Å². The van der Waals surface area contributed by atoms with Crippen molar-refractivity contribution in [2.75, 3.05) is 12.4 Å². The number of hydrogen-bond acceptors (Lipinski definition) is 1. The Bertz CT molecular complexity index is 185. The maximum atomic E-state index is 11.4. The van der Waals surface area contributed by atoms with E-state index in [2.05, 4.69) is 12.2 Å². The van der Waals surface area contributed by atoms with E-state index in [1.807, 2.05) is 0 Å². The highest BCUT2D eigenvalue weighted by Crippen LogP contribution is 2.07. The summed E-state index contributed by atoms with van der Waals surface area (Å²) >= 11 is 5.56. The first kappa shape index (κ1) is 17.8. The zero-order valence-electron chi connectivity index (χ0n) is 12.0. The van der Waals surface area contributed by atoms with E-state index in [1.165, 1.54) is 44.9 Å². The van der Waals surface area contributed by atoms with Crippen molar-refractivity contribution in [3.8, 4) is 0 Å². The van der Waals surface area contributed by atoms with E-state index in [0.717, 1.165) is 25.8 Å². The van der Waals surface area contributed by atoms with Gasteiger partial charge in [-0.3, -0.25) is 4.79 Å². The van der Waals surface area contributed by atoms with E-state index < -0.39 is 0 Å². The van der Waals surface area contributed by atoms with Crippen LogP contribution >= 0.6 is 11.6 Å². The number of unbranched alkanes of at least 4 members (excludes halogenated alkanes) is 8. The Morgan fingerprint density at radius 3 is 2.11 bits per heavy atom. The molecule has 0 saturated heterocycles. The summed E-state index contributed by atoms with van der Waals surface area (Å²) in [6.45, 7) is 3.09. The fraction of sp³-hybridized carbons (Fsp3) is 0.933. The highest BCUT2D eigenvalue weighted by Gasteiger charge is 1.99. The lowest BCUT2D eigenvalue weighted by Gasteiger charge is -2.05. The predicted octanol–water partition coefficient (Wildman–Crippen LogP) is 4.65. The van der Waals surface area contributed by atoms with Crippen molar-refractivity contribution in [1.29, 1.82) is 0 Å². The Kier molecular flexibility index (Phi) is 14.6. The fourth-order valence-corrected chi connectivity index (χ4v) is 2.14. The van der Waals surface area contributed by atoms with Gasteiger partial charge < -0.3 is 5.32 Å². The SMILES string of the molecule is CCCCCCCCCCNC(=O)CCCCCl. The average molecular weight is 276 g/mol. The van der Waals surface area contributed by atoms with Crippen LogP contribution in [0.25, 0.3) is 0 Å². The first-order valence-corrected chi connectivity index (χ1v) is 8.17. The molecule has 0 rings (SSSR count). The average Bonchev–Trinajstić information content (AvgIpc) is 2.37. The molecule has 18 heavy (non-hydrogen) atoms. The van der Waals surface area contributed by atoms with Crippen LogP contribution in [0, 0.1) is 0 Å². The lowest BCUT2D eigenvalue weighted by molar-refractivity contribution is -0.121. The third-order valence-corrected chi connectivity index (χ3v) is 3.41. The topological polar surface area (TPSA) is 29.1 Å². The lowest BCUT2D eigenvalue weighted by Crippen LogP contribution is -2.23. The zero-order chi connectivity index (χ0) is 13.5. The molecule has 0 saturated carbocycles. The van der Waals surface area contributed by atoms with Crippen LogP contribution in [0.3, 0.4) is 0 Å². The molecule has 0 aromatic heterocycles. The second-order valence-corrected chi connectivity index (χ2v) is 5.35. The maximum absolute atomic E-state index is 11.4. The predicted molar refractivity (Wildman–Crippen MR) is 80.2 cm³/mol. The number of rotatable bonds is 13. The van der Waals surface area contributed by atoms with Crippen molar-refractivity contribution in [3.63, 3.8) is 0 Å². The summed E-state index contributed by atoms with van der Waals surface area (Å²) in [4.78, 5) is 11.4. The molecule has 3 heteroatoms. The summed E-state index contributed by atoms with van der Waals surface area (Å²) in [6, 6.07) is 0. The van der Waals surface area contributed by atoms with E-state index in [9.17, 15) is 4.79 Å². The molecule has 0 fully saturated rings. The van der Waals surface area contributed by atoms with E-state index in [4.69, 9.17) is 11.6 Å². The van der Waals surface area contributed by atoms with Crippen LogP contribution in [0.1, 0.15) is 77.6 Å². The van der Waals surface area contributed by atoms with Gasteiger partial charge in [-0.15, -0.1) is 11.6 Å². The van der Waals surface area contributed by atoms with Gasteiger partial charge >= 0.3 is 0 Å². The van der Waals surface area contributed by atoms with Gasteiger partial charge in [0, 0.05) is 18.8 Å². The van der Waals surface area contributed by atoms with Crippen molar-refractivity contribution in [2.24, 2.45) is 0 Å². The zero-order valence-corrected chi connectivity index (χ0v) is 12.7. The number of carbonyl (C=O) groups is 1. The molecule has 1 N–H and O–H groups in total. The number of halogens is 1. The van der Waals surface area contributed by atoms with Crippen LogP contribution in [0.4, 0.5) is 0 Å². The summed E-state index contributed by atoms with van der Waals surface area (Å²) in [7, 11) is 0. The van der Waals surface area contributed by atoms with Gasteiger partial charge in [0.15, 0.2) is 0 Å². The molecule has 0 spiro atoms. The van der Waals surface area contributed by atoms with Crippen LogP contribution in [0.15, 0.2) is 0 Å². The van der Waals surface area contributed by atoms with Gasteiger partial charge in [-0.1, -0.05) is 51.9 Å². The van der Waals surface area contributed by atoms with Gasteiger partial charge in [0.1, 0.15) is 0 Å². The number of amides is 1. The summed E-state index contributed by atoms with van der Waals surface area (Å²) in [6.07, 6.45) is 12.9. The standard InChI is InChI=1S/C15H30ClNO/c1-2-3-4-5-6-7-8-11-14-17-15(18)12-9-10-13-16/h2-14H2,1H3,(H,17,18). The second-order valence-electron chi connectivity index (χ2n) is 4.97. The Labute approximate surface area is 118 Å². The minimum Gasteiger partial charge on any atom is -0.356 e. The summed E-state index contributed by atoms with van der Waals surface area (Å²) < 4.78 is 0. The van der Waals surface area contributed by atoms with E-state index >= 15 is 0 Å². The van der Waals surface area contributed by atoms with Gasteiger partial charge in [-0.25, -0.2) is 0 Å². The van der Waals surface area contributed by atoms with E-state index in [1.54, 1.807) is 0 Å². The molecule has 0 aromatic rings. The molecule has 0 heterocycles. The van der Waals surface area contributed by atoms with Crippen LogP contribution in [0.5, 0.6) is 0 Å². The van der Waals surface area contributed by atoms with Gasteiger partial charge in [0.25, 0.3) is 0 Å². The smallest absolute Gasteiger partial charge is 0.219 e. The number of carbonyl (C=O) groups excluding carboxylic acids is 1. The molecule has 0 unspecified atom stereocenters. The minimum absolute atomic E-state index is 0.183. The molecular weight excluding hydrogens is 246 g/mol. The molecule has 0 aliphatic carbocycles. The summed E-state index contributed by atoms with van der Waals surface area (Å²) in [5, 5.41) is 2.97. The third-order valence-electron chi connectivity index (χ3n) is 3.14. The van der Waals surface area contributed by atoms with E-state index in [-0.39, 0.29) is 5.91 Å². The Morgan fingerprint density at radius 1 is 0.889 bits per heavy atom. The van der Waals surface area contributed by atoms with Crippen LogP contribution in [0.2, 0.25) is 0 Å². The molecule has 0 aromatic carbocycles. The molecule has 108 valence electrons. The largest absolute Gasteiger partial charge is 0.356 e. The van der Waals surface area contributed by atoms with Crippen molar-refractivity contribution >= 4 is 17.5 Å². The van der Waals surface area contributed by atoms with Gasteiger partial charge in [-0.05, 0) is 19.3 Å². The first-order valence-electron chi connectivity index (χ1n) is 7.64. The highest BCUT2D eigenvalue weighted by atomic mass is 35.5. The highest BCUT2D eigenvalue weighted by molar-refractivity contribution is 6.17. The van der Waals surface area contributed by atoms with Crippen molar-refractivity contribution < 1.29 is 4.79 Å². The molecule has 0 atom stereocenters. The minimum atomic E-state index is 0.183. The first-order chi connectivity index (χ1) is 8.81. The Hall–Kier alpha value is -0.240. The van der Waals surface area contributed by atoms with Crippen LogP contribution < -0.4 is 5.32 Å². The Balaban J connectivity index is 3.08. The van der Waals surface area contributed by atoms with Crippen molar-refractivity contribution in [3.05, 3.63) is 0 Å². The molecule has 0 aliphatic rings. The molecule has 2 nitrogen and oxygen atoms in total. The molecule has 0 radical (unpaired) electrons. The second kappa shape index (κ2) is 14.8. The quantitative estimate of drug-likeness (QED) is 0.385. The molecule has 0 bridgehead atoms. The van der Waals surface area contributed by atoms with E-state index in [0.29, 0.717) is 12.3 Å². The van der Waals surface area contributed by atoms with Crippen LogP contribution in [-0.2, 0) is 4.79 Å². The van der Waals surface area contributed by atoms with Gasteiger partial charge in [0.2, 0.25) is 5.91 Å². The fourth-order valence-electron chi connectivity index (χ4n) is 1.96. The molecule has 1 amide bonds. The summed E-state index contributed by atoms with van der Waals surface area (Å²) in [5.41, 5.74) is 0. The molecule has 0 aliphatic heterocycles. The van der Waals surface area contributed by atoms with Crippen molar-refractivity contribution in [1.82, 2.24) is 5.32 Å². The lowest BCUT2D eigenvalue weighted by atomic mass is 10.1.